The van der Waals surface area contributed by atoms with Gasteiger partial charge in [0, 0.05) is 22.1 Å². The number of halogens is 1. The summed E-state index contributed by atoms with van der Waals surface area (Å²) in [5, 5.41) is 0. The van der Waals surface area contributed by atoms with Crippen LogP contribution < -0.4 is 5.73 Å². The van der Waals surface area contributed by atoms with Gasteiger partial charge in [-0.15, -0.1) is 11.8 Å². The summed E-state index contributed by atoms with van der Waals surface area (Å²) in [6.07, 6.45) is 0. The van der Waals surface area contributed by atoms with Crippen molar-refractivity contribution in [3.63, 3.8) is 0 Å². The van der Waals surface area contributed by atoms with Crippen LogP contribution in [0.3, 0.4) is 0 Å². The van der Waals surface area contributed by atoms with E-state index in [-0.39, 0.29) is 5.82 Å². The molecule has 2 N–H and O–H groups in total. The van der Waals surface area contributed by atoms with E-state index in [2.05, 4.69) is 6.92 Å². The molecule has 0 amide bonds. The molecular weight excluding hydrogens is 217 g/mol. The Labute approximate surface area is 92.6 Å². The third-order valence-electron chi connectivity index (χ3n) is 1.66. The fraction of sp³-hybridized carbons (Fsp3) is 0.400. The largest absolute Gasteiger partial charge is 0.398 e. The highest BCUT2D eigenvalue weighted by molar-refractivity contribution is 8.03. The summed E-state index contributed by atoms with van der Waals surface area (Å²) in [5.74, 6) is 3.00. The van der Waals surface area contributed by atoms with Crippen LogP contribution in [0.25, 0.3) is 0 Å². The monoisotopic (exact) mass is 231 g/mol. The van der Waals surface area contributed by atoms with E-state index >= 15 is 0 Å². The first-order chi connectivity index (χ1) is 6.74. The number of nitrogens with two attached hydrogens (primary N) is 1. The van der Waals surface area contributed by atoms with Crippen LogP contribution in [-0.4, -0.2) is 17.3 Å². The van der Waals surface area contributed by atoms with E-state index in [0.717, 1.165) is 22.2 Å². The molecule has 0 aliphatic carbocycles. The number of hydrogen-bond acceptors (Lipinski definition) is 3. The molecule has 78 valence electrons. The van der Waals surface area contributed by atoms with Crippen LogP contribution in [0.1, 0.15) is 6.92 Å². The van der Waals surface area contributed by atoms with Gasteiger partial charge in [-0.3, -0.25) is 0 Å². The van der Waals surface area contributed by atoms with Crippen molar-refractivity contribution in [1.82, 2.24) is 0 Å². The SMILES string of the molecule is CCSCCSc1ccc(F)cc1N. The fourth-order valence-electron chi connectivity index (χ4n) is 1.01. The van der Waals surface area contributed by atoms with E-state index in [0.29, 0.717) is 5.69 Å². The molecule has 1 aromatic rings. The lowest BCUT2D eigenvalue weighted by Gasteiger charge is -2.04. The Kier molecular flexibility index (Phi) is 5.19. The van der Waals surface area contributed by atoms with E-state index in [1.165, 1.54) is 12.1 Å². The highest BCUT2D eigenvalue weighted by Crippen LogP contribution is 2.25. The number of nitrogen functional groups attached to an aromatic ring is 1. The zero-order valence-electron chi connectivity index (χ0n) is 8.13. The maximum absolute atomic E-state index is 12.7. The van der Waals surface area contributed by atoms with Crippen molar-refractivity contribution in [2.24, 2.45) is 0 Å². The van der Waals surface area contributed by atoms with Crippen LogP contribution in [0, 0.1) is 5.82 Å². The molecule has 0 heterocycles. The highest BCUT2D eigenvalue weighted by Gasteiger charge is 2.00. The zero-order chi connectivity index (χ0) is 10.4. The molecule has 0 aromatic heterocycles. The van der Waals surface area contributed by atoms with Crippen molar-refractivity contribution in [1.29, 1.82) is 0 Å². The summed E-state index contributed by atoms with van der Waals surface area (Å²) in [6, 6.07) is 4.56. The summed E-state index contributed by atoms with van der Waals surface area (Å²) in [7, 11) is 0. The molecule has 0 unspecified atom stereocenters. The molecule has 14 heavy (non-hydrogen) atoms. The molecule has 0 bridgehead atoms. The van der Waals surface area contributed by atoms with Crippen LogP contribution in [0.4, 0.5) is 10.1 Å². The van der Waals surface area contributed by atoms with Crippen LogP contribution >= 0.6 is 23.5 Å². The molecule has 1 rings (SSSR count). The smallest absolute Gasteiger partial charge is 0.125 e. The van der Waals surface area contributed by atoms with E-state index in [9.17, 15) is 4.39 Å². The Morgan fingerprint density at radius 2 is 2.14 bits per heavy atom. The first-order valence-electron chi connectivity index (χ1n) is 4.49. The third-order valence-corrected chi connectivity index (χ3v) is 3.91. The Morgan fingerprint density at radius 3 is 2.79 bits per heavy atom. The van der Waals surface area contributed by atoms with Gasteiger partial charge in [-0.2, -0.15) is 11.8 Å². The number of anilines is 1. The fourth-order valence-corrected chi connectivity index (χ4v) is 2.71. The molecule has 0 atom stereocenters. The lowest BCUT2D eigenvalue weighted by atomic mass is 10.3. The van der Waals surface area contributed by atoms with Gasteiger partial charge in [0.1, 0.15) is 5.82 Å². The quantitative estimate of drug-likeness (QED) is 0.478. The molecule has 0 aliphatic heterocycles. The Bertz CT molecular complexity index is 291. The van der Waals surface area contributed by atoms with Gasteiger partial charge in [0.15, 0.2) is 0 Å². The average Bonchev–Trinajstić information content (AvgIpc) is 2.15. The zero-order valence-corrected chi connectivity index (χ0v) is 9.76. The summed E-state index contributed by atoms with van der Waals surface area (Å²) < 4.78 is 12.7. The minimum absolute atomic E-state index is 0.269. The molecule has 1 nitrogen and oxygen atoms in total. The van der Waals surface area contributed by atoms with Gasteiger partial charge in [-0.25, -0.2) is 4.39 Å². The lowest BCUT2D eigenvalue weighted by Crippen LogP contribution is -1.91. The van der Waals surface area contributed by atoms with Gasteiger partial charge in [0.25, 0.3) is 0 Å². The molecule has 0 radical (unpaired) electrons. The first kappa shape index (κ1) is 11.7. The molecule has 0 spiro atoms. The molecule has 0 saturated heterocycles. The Balaban J connectivity index is 2.42. The van der Waals surface area contributed by atoms with E-state index in [1.54, 1.807) is 17.8 Å². The predicted molar refractivity (Wildman–Crippen MR) is 64.5 cm³/mol. The topological polar surface area (TPSA) is 26.0 Å². The summed E-state index contributed by atoms with van der Waals surface area (Å²) in [6.45, 7) is 2.14. The van der Waals surface area contributed by atoms with E-state index in [4.69, 9.17) is 5.73 Å². The van der Waals surface area contributed by atoms with Gasteiger partial charge < -0.3 is 5.73 Å². The minimum atomic E-state index is -0.269. The van der Waals surface area contributed by atoms with E-state index in [1.807, 2.05) is 11.8 Å². The van der Waals surface area contributed by atoms with Crippen LogP contribution in [0.5, 0.6) is 0 Å². The first-order valence-corrected chi connectivity index (χ1v) is 6.63. The van der Waals surface area contributed by atoms with Crippen molar-refractivity contribution in [3.05, 3.63) is 24.0 Å². The second kappa shape index (κ2) is 6.19. The van der Waals surface area contributed by atoms with Crippen LogP contribution in [-0.2, 0) is 0 Å². The summed E-state index contributed by atoms with van der Waals surface area (Å²) in [4.78, 5) is 0.975. The maximum atomic E-state index is 12.7. The molecule has 0 fully saturated rings. The standard InChI is InChI=1S/C10H14FNS2/c1-2-13-5-6-14-10-4-3-8(11)7-9(10)12/h3-4,7H,2,5-6,12H2,1H3. The third kappa shape index (κ3) is 3.80. The van der Waals surface area contributed by atoms with Gasteiger partial charge in [0.05, 0.1) is 0 Å². The van der Waals surface area contributed by atoms with Crippen molar-refractivity contribution >= 4 is 29.2 Å². The van der Waals surface area contributed by atoms with Gasteiger partial charge >= 0.3 is 0 Å². The molecule has 4 heteroatoms. The van der Waals surface area contributed by atoms with Gasteiger partial charge in [0.2, 0.25) is 0 Å². The van der Waals surface area contributed by atoms with Crippen molar-refractivity contribution in [2.75, 3.05) is 23.0 Å². The number of hydrogen-bond donors (Lipinski definition) is 1. The molecule has 0 aliphatic rings. The van der Waals surface area contributed by atoms with E-state index < -0.39 is 0 Å². The molecule has 1 aromatic carbocycles. The molecule has 0 saturated carbocycles. The average molecular weight is 231 g/mol. The van der Waals surface area contributed by atoms with Crippen molar-refractivity contribution in [2.45, 2.75) is 11.8 Å². The normalized spacial score (nSPS) is 10.4. The van der Waals surface area contributed by atoms with Crippen LogP contribution in [0.15, 0.2) is 23.1 Å². The molecular formula is C10H14FNS2. The number of rotatable bonds is 5. The number of benzene rings is 1. The summed E-state index contributed by atoms with van der Waals surface area (Å²) in [5.41, 5.74) is 6.21. The summed E-state index contributed by atoms with van der Waals surface area (Å²) >= 11 is 3.58. The maximum Gasteiger partial charge on any atom is 0.125 e. The van der Waals surface area contributed by atoms with Crippen molar-refractivity contribution < 1.29 is 4.39 Å². The van der Waals surface area contributed by atoms with Crippen molar-refractivity contribution in [3.8, 4) is 0 Å². The Morgan fingerprint density at radius 1 is 1.36 bits per heavy atom. The predicted octanol–water partition coefficient (Wildman–Crippen LogP) is 3.25. The van der Waals surface area contributed by atoms with Gasteiger partial charge in [-0.1, -0.05) is 6.92 Å². The number of thioether (sulfide) groups is 2. The van der Waals surface area contributed by atoms with Gasteiger partial charge in [-0.05, 0) is 24.0 Å². The Hall–Kier alpha value is -0.350. The highest BCUT2D eigenvalue weighted by atomic mass is 32.2. The lowest BCUT2D eigenvalue weighted by molar-refractivity contribution is 0.627. The second-order valence-corrected chi connectivity index (χ2v) is 5.26. The van der Waals surface area contributed by atoms with Crippen LogP contribution in [0.2, 0.25) is 0 Å². The second-order valence-electron chi connectivity index (χ2n) is 2.73. The minimum Gasteiger partial charge on any atom is -0.398 e.